The van der Waals surface area contributed by atoms with E-state index in [0.717, 1.165) is 12.0 Å². The molecule has 1 heterocycles. The molecule has 1 fully saturated rings. The predicted molar refractivity (Wildman–Crippen MR) is 78.7 cm³/mol. The van der Waals surface area contributed by atoms with Gasteiger partial charge in [0.1, 0.15) is 6.04 Å². The molecule has 1 N–H and O–H groups in total. The molecule has 1 atom stereocenters. The highest BCUT2D eigenvalue weighted by atomic mass is 35.5. The van der Waals surface area contributed by atoms with Gasteiger partial charge in [-0.1, -0.05) is 36.5 Å². The van der Waals surface area contributed by atoms with Crippen LogP contribution in [0.1, 0.15) is 25.3 Å². The first-order valence-electron chi connectivity index (χ1n) is 6.53. The summed E-state index contributed by atoms with van der Waals surface area (Å²) in [5, 5.41) is 3.82. The van der Waals surface area contributed by atoms with Crippen molar-refractivity contribution in [1.82, 2.24) is 10.2 Å². The van der Waals surface area contributed by atoms with E-state index in [9.17, 15) is 9.59 Å². The fourth-order valence-electron chi connectivity index (χ4n) is 2.26. The number of nitrogens with zero attached hydrogens (tertiary/aromatic N) is 1. The van der Waals surface area contributed by atoms with Gasteiger partial charge in [-0.05, 0) is 30.2 Å². The summed E-state index contributed by atoms with van der Waals surface area (Å²) in [7, 11) is 0. The number of hydrogen-bond donors (Lipinski definition) is 1. The molecule has 2 rings (SSSR count). The van der Waals surface area contributed by atoms with Crippen molar-refractivity contribution in [2.24, 2.45) is 0 Å². The summed E-state index contributed by atoms with van der Waals surface area (Å²) in [5.74, 6) is -0.205. The number of benzene rings is 1. The zero-order valence-corrected chi connectivity index (χ0v) is 12.7. The van der Waals surface area contributed by atoms with Gasteiger partial charge in [0.25, 0.3) is 0 Å². The van der Waals surface area contributed by atoms with Gasteiger partial charge in [-0.2, -0.15) is 0 Å². The molecule has 0 bridgehead atoms. The maximum Gasteiger partial charge on any atom is 0.245 e. The number of rotatable bonds is 4. The molecule has 0 saturated carbocycles. The smallest absolute Gasteiger partial charge is 0.245 e. The largest absolute Gasteiger partial charge is 0.343 e. The highest BCUT2D eigenvalue weighted by molar-refractivity contribution is 6.33. The van der Waals surface area contributed by atoms with Crippen LogP contribution < -0.4 is 5.32 Å². The van der Waals surface area contributed by atoms with Crippen molar-refractivity contribution >= 4 is 35.0 Å². The summed E-state index contributed by atoms with van der Waals surface area (Å²) in [6, 6.07) is 4.67. The van der Waals surface area contributed by atoms with E-state index in [1.807, 2.05) is 6.92 Å². The van der Waals surface area contributed by atoms with Gasteiger partial charge >= 0.3 is 0 Å². The second-order valence-electron chi connectivity index (χ2n) is 4.84. The number of halogens is 2. The van der Waals surface area contributed by atoms with Gasteiger partial charge in [0, 0.05) is 16.6 Å². The van der Waals surface area contributed by atoms with Gasteiger partial charge in [-0.3, -0.25) is 9.59 Å². The third kappa shape index (κ3) is 3.44. The van der Waals surface area contributed by atoms with E-state index in [2.05, 4.69) is 5.32 Å². The monoisotopic (exact) mass is 314 g/mol. The minimum Gasteiger partial charge on any atom is -0.343 e. The number of carbonyl (C=O) groups excluding carboxylic acids is 2. The number of hydrogen-bond acceptors (Lipinski definition) is 2. The Kier molecular flexibility index (Phi) is 4.89. The quantitative estimate of drug-likeness (QED) is 0.928. The zero-order chi connectivity index (χ0) is 14.7. The molecule has 1 unspecified atom stereocenters. The SMILES string of the molecule is CCCC1NC(=O)CN(Cc2cc(Cl)ccc2Cl)C1=O. The van der Waals surface area contributed by atoms with Crippen LogP contribution in [0.3, 0.4) is 0 Å². The molecule has 1 aromatic carbocycles. The number of carbonyl (C=O) groups is 2. The van der Waals surface area contributed by atoms with Gasteiger partial charge in [0.15, 0.2) is 0 Å². The summed E-state index contributed by atoms with van der Waals surface area (Å²) in [5.41, 5.74) is 0.748. The first-order chi connectivity index (χ1) is 9.51. The second-order valence-corrected chi connectivity index (χ2v) is 5.68. The summed E-state index contributed by atoms with van der Waals surface area (Å²) in [6.07, 6.45) is 1.48. The predicted octanol–water partition coefficient (Wildman–Crippen LogP) is 2.62. The Morgan fingerprint density at radius 1 is 1.35 bits per heavy atom. The van der Waals surface area contributed by atoms with Gasteiger partial charge in [0.05, 0.1) is 6.54 Å². The summed E-state index contributed by atoms with van der Waals surface area (Å²) in [4.78, 5) is 25.5. The van der Waals surface area contributed by atoms with Gasteiger partial charge < -0.3 is 10.2 Å². The van der Waals surface area contributed by atoms with Crippen molar-refractivity contribution in [3.05, 3.63) is 33.8 Å². The van der Waals surface area contributed by atoms with Crippen LogP contribution >= 0.6 is 23.2 Å². The van der Waals surface area contributed by atoms with Crippen LogP contribution in [-0.4, -0.2) is 29.3 Å². The molecule has 2 amide bonds. The van der Waals surface area contributed by atoms with Crippen molar-refractivity contribution in [1.29, 1.82) is 0 Å². The lowest BCUT2D eigenvalue weighted by Gasteiger charge is -2.32. The van der Waals surface area contributed by atoms with E-state index in [1.54, 1.807) is 18.2 Å². The summed E-state index contributed by atoms with van der Waals surface area (Å²) in [6.45, 7) is 2.33. The van der Waals surface area contributed by atoms with Gasteiger partial charge in [-0.15, -0.1) is 0 Å². The Labute approximate surface area is 128 Å². The van der Waals surface area contributed by atoms with Crippen molar-refractivity contribution in [3.63, 3.8) is 0 Å². The Morgan fingerprint density at radius 2 is 2.10 bits per heavy atom. The first kappa shape index (κ1) is 15.1. The molecule has 1 aromatic rings. The summed E-state index contributed by atoms with van der Waals surface area (Å²) >= 11 is 12.0. The van der Waals surface area contributed by atoms with E-state index in [-0.39, 0.29) is 18.4 Å². The van der Waals surface area contributed by atoms with Crippen LogP contribution in [0, 0.1) is 0 Å². The lowest BCUT2D eigenvalue weighted by atomic mass is 10.1. The lowest BCUT2D eigenvalue weighted by Crippen LogP contribution is -2.57. The Balaban J connectivity index is 2.16. The molecule has 1 aliphatic heterocycles. The lowest BCUT2D eigenvalue weighted by molar-refractivity contribution is -0.145. The molecular formula is C14H16Cl2N2O2. The van der Waals surface area contributed by atoms with E-state index in [0.29, 0.717) is 23.0 Å². The first-order valence-corrected chi connectivity index (χ1v) is 7.29. The van der Waals surface area contributed by atoms with E-state index in [1.165, 1.54) is 4.90 Å². The van der Waals surface area contributed by atoms with Gasteiger partial charge in [-0.25, -0.2) is 0 Å². The average Bonchev–Trinajstić information content (AvgIpc) is 2.39. The number of amides is 2. The third-order valence-electron chi connectivity index (χ3n) is 3.23. The van der Waals surface area contributed by atoms with E-state index in [4.69, 9.17) is 23.2 Å². The van der Waals surface area contributed by atoms with E-state index >= 15 is 0 Å². The zero-order valence-electron chi connectivity index (χ0n) is 11.2. The Hall–Kier alpha value is -1.26. The summed E-state index contributed by atoms with van der Waals surface area (Å²) < 4.78 is 0. The molecule has 108 valence electrons. The van der Waals surface area contributed by atoms with Crippen LogP contribution in [0.15, 0.2) is 18.2 Å². The van der Waals surface area contributed by atoms with Crippen LogP contribution in [0.25, 0.3) is 0 Å². The molecule has 6 heteroatoms. The van der Waals surface area contributed by atoms with Crippen LogP contribution in [0.4, 0.5) is 0 Å². The maximum atomic E-state index is 12.3. The topological polar surface area (TPSA) is 49.4 Å². The maximum absolute atomic E-state index is 12.3. The van der Waals surface area contributed by atoms with E-state index < -0.39 is 6.04 Å². The Morgan fingerprint density at radius 3 is 2.80 bits per heavy atom. The molecule has 4 nitrogen and oxygen atoms in total. The standard InChI is InChI=1S/C14H16Cl2N2O2/c1-2-3-12-14(20)18(8-13(19)17-12)7-9-6-10(15)4-5-11(9)16/h4-6,12H,2-3,7-8H2,1H3,(H,17,19). The molecule has 20 heavy (non-hydrogen) atoms. The minimum atomic E-state index is -0.431. The molecule has 0 aromatic heterocycles. The van der Waals surface area contributed by atoms with Crippen molar-refractivity contribution in [2.45, 2.75) is 32.4 Å². The molecule has 0 radical (unpaired) electrons. The van der Waals surface area contributed by atoms with Crippen LogP contribution in [-0.2, 0) is 16.1 Å². The van der Waals surface area contributed by atoms with Crippen LogP contribution in [0.2, 0.25) is 10.0 Å². The van der Waals surface area contributed by atoms with Crippen LogP contribution in [0.5, 0.6) is 0 Å². The van der Waals surface area contributed by atoms with Crippen molar-refractivity contribution in [3.8, 4) is 0 Å². The second kappa shape index (κ2) is 6.46. The van der Waals surface area contributed by atoms with Crippen molar-refractivity contribution < 1.29 is 9.59 Å². The highest BCUT2D eigenvalue weighted by Crippen LogP contribution is 2.23. The average molecular weight is 315 g/mol. The molecular weight excluding hydrogens is 299 g/mol. The fraction of sp³-hybridized carbons (Fsp3) is 0.429. The number of nitrogens with one attached hydrogen (secondary N) is 1. The number of piperazine rings is 1. The highest BCUT2D eigenvalue weighted by Gasteiger charge is 2.32. The molecule has 0 spiro atoms. The molecule has 1 aliphatic rings. The van der Waals surface area contributed by atoms with Gasteiger partial charge in [0.2, 0.25) is 11.8 Å². The van der Waals surface area contributed by atoms with Crippen molar-refractivity contribution in [2.75, 3.05) is 6.54 Å². The normalized spacial score (nSPS) is 19.1. The molecule has 1 saturated heterocycles. The third-order valence-corrected chi connectivity index (χ3v) is 3.83. The fourth-order valence-corrected chi connectivity index (χ4v) is 2.63. The Bertz CT molecular complexity index is 534. The molecule has 0 aliphatic carbocycles. The minimum absolute atomic E-state index is 0.0574.